The van der Waals surface area contributed by atoms with E-state index < -0.39 is 0 Å². The monoisotopic (exact) mass is 325 g/mol. The number of rotatable bonds is 5. The zero-order valence-electron chi connectivity index (χ0n) is 11.7. The molecule has 1 aliphatic carbocycles. The normalized spacial score (nSPS) is 23.8. The average molecular weight is 326 g/mol. The molecule has 19 heavy (non-hydrogen) atoms. The molecule has 0 radical (unpaired) electrons. The van der Waals surface area contributed by atoms with Crippen LogP contribution in [-0.2, 0) is 6.54 Å². The topological polar surface area (TPSA) is 42.2 Å². The number of hydrogen-bond donors (Lipinski definition) is 1. The van der Waals surface area contributed by atoms with E-state index in [1.54, 1.807) is 0 Å². The molecule has 1 aliphatic rings. The molecule has 2 rings (SSSR count). The van der Waals surface area contributed by atoms with Gasteiger partial charge in [-0.1, -0.05) is 6.92 Å². The molecule has 0 bridgehead atoms. The Hall–Kier alpha value is -0.450. The van der Waals surface area contributed by atoms with Gasteiger partial charge >= 0.3 is 0 Å². The van der Waals surface area contributed by atoms with Gasteiger partial charge in [-0.3, -0.25) is 9.88 Å². The molecule has 0 amide bonds. The number of halogens is 1. The Bertz CT molecular complexity index is 389. The number of hydrogen-bond acceptors (Lipinski definition) is 3. The average Bonchev–Trinajstić information content (AvgIpc) is 2.39. The van der Waals surface area contributed by atoms with Gasteiger partial charge in [0.1, 0.15) is 0 Å². The number of aromatic nitrogens is 1. The minimum absolute atomic E-state index is 0.423. The molecule has 1 saturated carbocycles. The standard InChI is InChI=1S/C15H24BrN3/c1-2-7-19(15-5-3-14(17)4-6-15)11-12-8-13(16)10-18-9-12/h8-10,14-15H,2-7,11,17H2,1H3. The van der Waals surface area contributed by atoms with Crippen LogP contribution in [0.1, 0.15) is 44.6 Å². The third-order valence-corrected chi connectivity index (χ3v) is 4.35. The summed E-state index contributed by atoms with van der Waals surface area (Å²) in [5.41, 5.74) is 7.30. The first kappa shape index (κ1) is 14.9. The highest BCUT2D eigenvalue weighted by molar-refractivity contribution is 9.10. The first-order valence-electron chi connectivity index (χ1n) is 7.28. The van der Waals surface area contributed by atoms with E-state index in [9.17, 15) is 0 Å². The largest absolute Gasteiger partial charge is 0.328 e. The van der Waals surface area contributed by atoms with E-state index in [1.165, 1.54) is 37.7 Å². The second-order valence-electron chi connectivity index (χ2n) is 5.55. The summed E-state index contributed by atoms with van der Waals surface area (Å²) >= 11 is 3.50. The lowest BCUT2D eigenvalue weighted by atomic mass is 9.90. The minimum atomic E-state index is 0.423. The lowest BCUT2D eigenvalue weighted by Gasteiger charge is -2.36. The molecule has 3 nitrogen and oxygen atoms in total. The Labute approximate surface area is 124 Å². The molecular weight excluding hydrogens is 302 g/mol. The van der Waals surface area contributed by atoms with Crippen LogP contribution in [0.25, 0.3) is 0 Å². The molecule has 106 valence electrons. The highest BCUT2D eigenvalue weighted by atomic mass is 79.9. The molecule has 1 fully saturated rings. The van der Waals surface area contributed by atoms with E-state index in [1.807, 2.05) is 12.4 Å². The van der Waals surface area contributed by atoms with E-state index in [-0.39, 0.29) is 0 Å². The molecule has 0 aromatic carbocycles. The first-order chi connectivity index (χ1) is 9.19. The number of pyridine rings is 1. The second-order valence-corrected chi connectivity index (χ2v) is 6.47. The highest BCUT2D eigenvalue weighted by Gasteiger charge is 2.23. The summed E-state index contributed by atoms with van der Waals surface area (Å²) in [4.78, 5) is 6.87. The Morgan fingerprint density at radius 1 is 1.32 bits per heavy atom. The quantitative estimate of drug-likeness (QED) is 0.902. The second kappa shape index (κ2) is 7.36. The Balaban J connectivity index is 1.99. The van der Waals surface area contributed by atoms with Crippen molar-refractivity contribution >= 4 is 15.9 Å². The molecule has 4 heteroatoms. The maximum absolute atomic E-state index is 6.01. The van der Waals surface area contributed by atoms with Crippen molar-refractivity contribution in [2.45, 2.75) is 57.7 Å². The summed E-state index contributed by atoms with van der Waals surface area (Å²) < 4.78 is 1.06. The molecule has 1 aromatic heterocycles. The van der Waals surface area contributed by atoms with Crippen molar-refractivity contribution in [3.8, 4) is 0 Å². The van der Waals surface area contributed by atoms with E-state index in [0.717, 1.165) is 17.6 Å². The van der Waals surface area contributed by atoms with Gasteiger partial charge in [-0.15, -0.1) is 0 Å². The van der Waals surface area contributed by atoms with Crippen LogP contribution in [0.4, 0.5) is 0 Å². The van der Waals surface area contributed by atoms with E-state index in [2.05, 4.69) is 38.8 Å². The van der Waals surface area contributed by atoms with E-state index in [4.69, 9.17) is 5.73 Å². The summed E-state index contributed by atoms with van der Waals surface area (Å²) in [5.74, 6) is 0. The molecule has 0 aliphatic heterocycles. The third kappa shape index (κ3) is 4.55. The van der Waals surface area contributed by atoms with Crippen LogP contribution >= 0.6 is 15.9 Å². The molecular formula is C15H24BrN3. The summed E-state index contributed by atoms with van der Waals surface area (Å²) in [6.07, 6.45) is 9.83. The lowest BCUT2D eigenvalue weighted by molar-refractivity contribution is 0.142. The van der Waals surface area contributed by atoms with Gasteiger partial charge in [-0.25, -0.2) is 0 Å². The Morgan fingerprint density at radius 2 is 2.05 bits per heavy atom. The molecule has 1 heterocycles. The van der Waals surface area contributed by atoms with Crippen molar-refractivity contribution in [3.63, 3.8) is 0 Å². The van der Waals surface area contributed by atoms with Crippen LogP contribution in [0.15, 0.2) is 22.9 Å². The molecule has 0 atom stereocenters. The van der Waals surface area contributed by atoms with Crippen molar-refractivity contribution in [1.82, 2.24) is 9.88 Å². The van der Waals surface area contributed by atoms with Gasteiger partial charge in [0.25, 0.3) is 0 Å². The minimum Gasteiger partial charge on any atom is -0.328 e. The van der Waals surface area contributed by atoms with Gasteiger partial charge in [0, 0.05) is 35.5 Å². The highest BCUT2D eigenvalue weighted by Crippen LogP contribution is 2.24. The molecule has 1 aromatic rings. The Morgan fingerprint density at radius 3 is 2.68 bits per heavy atom. The van der Waals surface area contributed by atoms with Gasteiger partial charge < -0.3 is 5.73 Å². The van der Waals surface area contributed by atoms with E-state index >= 15 is 0 Å². The molecule has 2 N–H and O–H groups in total. The summed E-state index contributed by atoms with van der Waals surface area (Å²) in [6.45, 7) is 4.41. The zero-order valence-corrected chi connectivity index (χ0v) is 13.3. The smallest absolute Gasteiger partial charge is 0.0410 e. The van der Waals surface area contributed by atoms with Gasteiger partial charge in [0.15, 0.2) is 0 Å². The number of nitrogens with zero attached hydrogens (tertiary/aromatic N) is 2. The van der Waals surface area contributed by atoms with Crippen LogP contribution in [0.2, 0.25) is 0 Å². The maximum Gasteiger partial charge on any atom is 0.0410 e. The SMILES string of the molecule is CCCN(Cc1cncc(Br)c1)C1CCC(N)CC1. The van der Waals surface area contributed by atoms with Crippen LogP contribution in [0.5, 0.6) is 0 Å². The zero-order chi connectivity index (χ0) is 13.7. The predicted octanol–water partition coefficient (Wildman–Crippen LogP) is 3.33. The summed E-state index contributed by atoms with van der Waals surface area (Å²) in [6, 6.07) is 3.29. The third-order valence-electron chi connectivity index (χ3n) is 3.92. The summed E-state index contributed by atoms with van der Waals surface area (Å²) in [7, 11) is 0. The van der Waals surface area contributed by atoms with Crippen molar-refractivity contribution in [2.75, 3.05) is 6.54 Å². The van der Waals surface area contributed by atoms with Crippen LogP contribution in [-0.4, -0.2) is 28.5 Å². The van der Waals surface area contributed by atoms with Crippen molar-refractivity contribution < 1.29 is 0 Å². The van der Waals surface area contributed by atoms with Crippen LogP contribution in [0.3, 0.4) is 0 Å². The van der Waals surface area contributed by atoms with E-state index in [0.29, 0.717) is 12.1 Å². The van der Waals surface area contributed by atoms with Gasteiger partial charge in [-0.05, 0) is 66.2 Å². The van der Waals surface area contributed by atoms with Crippen molar-refractivity contribution in [2.24, 2.45) is 5.73 Å². The fourth-order valence-electron chi connectivity index (χ4n) is 2.92. The van der Waals surface area contributed by atoms with Gasteiger partial charge in [-0.2, -0.15) is 0 Å². The van der Waals surface area contributed by atoms with Crippen molar-refractivity contribution in [3.05, 3.63) is 28.5 Å². The Kier molecular flexibility index (Phi) is 5.79. The van der Waals surface area contributed by atoms with Crippen LogP contribution < -0.4 is 5.73 Å². The molecule has 0 saturated heterocycles. The maximum atomic E-state index is 6.01. The molecule has 0 spiro atoms. The van der Waals surface area contributed by atoms with Gasteiger partial charge in [0.2, 0.25) is 0 Å². The van der Waals surface area contributed by atoms with Gasteiger partial charge in [0.05, 0.1) is 0 Å². The fourth-order valence-corrected chi connectivity index (χ4v) is 3.33. The fraction of sp³-hybridized carbons (Fsp3) is 0.667. The van der Waals surface area contributed by atoms with Crippen molar-refractivity contribution in [1.29, 1.82) is 0 Å². The predicted molar refractivity (Wildman–Crippen MR) is 82.9 cm³/mol. The summed E-state index contributed by atoms with van der Waals surface area (Å²) in [5, 5.41) is 0. The number of nitrogens with two attached hydrogens (primary N) is 1. The lowest BCUT2D eigenvalue weighted by Crippen LogP contribution is -2.40. The van der Waals surface area contributed by atoms with Crippen LogP contribution in [0, 0.1) is 0 Å². The first-order valence-corrected chi connectivity index (χ1v) is 8.07. The molecule has 0 unspecified atom stereocenters.